The van der Waals surface area contributed by atoms with Crippen LogP contribution in [0.4, 0.5) is 23.0 Å². The van der Waals surface area contributed by atoms with Gasteiger partial charge in [-0.2, -0.15) is 4.58 Å². The summed E-state index contributed by atoms with van der Waals surface area (Å²) in [4.78, 5) is 0. The summed E-state index contributed by atoms with van der Waals surface area (Å²) in [6.07, 6.45) is 0. The number of phenols is 1. The van der Waals surface area contributed by atoms with E-state index in [4.69, 9.17) is 0 Å². The van der Waals surface area contributed by atoms with Gasteiger partial charge in [0.1, 0.15) is 12.3 Å². The number of rotatable bonds is 2. The molecule has 0 spiro atoms. The zero-order chi connectivity index (χ0) is 22.3. The van der Waals surface area contributed by atoms with Crippen molar-refractivity contribution < 1.29 is 26.9 Å². The molecule has 0 amide bonds. The van der Waals surface area contributed by atoms with Crippen molar-refractivity contribution in [1.82, 2.24) is 0 Å². The molecule has 0 unspecified atom stereocenters. The van der Waals surface area contributed by atoms with Crippen LogP contribution in [0.5, 0.6) is 5.75 Å². The highest BCUT2D eigenvalue weighted by atomic mass is 19.5. The summed E-state index contributed by atoms with van der Waals surface area (Å²) in [5, 5.41) is 11.9. The van der Waals surface area contributed by atoms with Gasteiger partial charge in [-0.15, -0.1) is 0 Å². The third kappa shape index (κ3) is 4.35. The van der Waals surface area contributed by atoms with E-state index in [9.17, 15) is 22.4 Å². The minimum absolute atomic E-state index is 0.0595. The lowest BCUT2D eigenvalue weighted by atomic mass is 9.81. The molecule has 0 radical (unpaired) electrons. The minimum atomic E-state index is -6.00. The number of fused-ring (bicyclic) bond motifs is 2. The Bertz CT molecular complexity index is 1130. The van der Waals surface area contributed by atoms with E-state index in [1.165, 1.54) is 28.1 Å². The van der Waals surface area contributed by atoms with Crippen molar-refractivity contribution in [3.63, 3.8) is 0 Å². The Morgan fingerprint density at radius 3 is 2.03 bits per heavy atom. The Morgan fingerprint density at radius 2 is 1.40 bits per heavy atom. The van der Waals surface area contributed by atoms with Gasteiger partial charge in [0.15, 0.2) is 5.71 Å². The molecular formula is C23H24BF4NO. The van der Waals surface area contributed by atoms with Gasteiger partial charge >= 0.3 is 7.25 Å². The van der Waals surface area contributed by atoms with Crippen LogP contribution in [0.2, 0.25) is 0 Å². The molecule has 7 heteroatoms. The van der Waals surface area contributed by atoms with E-state index in [0.717, 1.165) is 17.3 Å². The Morgan fingerprint density at radius 1 is 0.867 bits per heavy atom. The maximum atomic E-state index is 9.75. The van der Waals surface area contributed by atoms with Crippen molar-refractivity contribution in [3.05, 3.63) is 60.2 Å². The average Bonchev–Trinajstić information content (AvgIpc) is 2.85. The number of benzene rings is 3. The average molecular weight is 417 g/mol. The summed E-state index contributed by atoms with van der Waals surface area (Å²) in [5.41, 5.74) is 6.66. The van der Waals surface area contributed by atoms with E-state index in [0.29, 0.717) is 5.75 Å². The monoisotopic (exact) mass is 417 g/mol. The van der Waals surface area contributed by atoms with Gasteiger partial charge in [-0.1, -0.05) is 18.2 Å². The zero-order valence-electron chi connectivity index (χ0n) is 17.4. The standard InChI is InChI=1S/C23H23NO.BF4/c1-5-24-15(2)23(3,4)21-14-19(9-11-22(21)24)16-6-7-18-13-20(25)10-8-17(18)12-16;2-1(3,4)5/h6-14H,5H2,1-4H3;/q;-1/p+1. The molecule has 0 atom stereocenters. The van der Waals surface area contributed by atoms with Crippen LogP contribution in [0.3, 0.4) is 0 Å². The summed E-state index contributed by atoms with van der Waals surface area (Å²) in [6, 6.07) is 18.8. The molecule has 3 aromatic rings. The Kier molecular flexibility index (Phi) is 5.67. The lowest BCUT2D eigenvalue weighted by Crippen LogP contribution is -2.26. The Labute approximate surface area is 173 Å². The van der Waals surface area contributed by atoms with Crippen molar-refractivity contribution in [2.75, 3.05) is 6.54 Å². The highest BCUT2D eigenvalue weighted by Crippen LogP contribution is 2.41. The van der Waals surface area contributed by atoms with Gasteiger partial charge in [0.2, 0.25) is 5.69 Å². The predicted octanol–water partition coefficient (Wildman–Crippen LogP) is 6.93. The molecule has 0 saturated heterocycles. The van der Waals surface area contributed by atoms with Crippen molar-refractivity contribution in [2.45, 2.75) is 33.1 Å². The molecule has 0 fully saturated rings. The minimum Gasteiger partial charge on any atom is -0.508 e. The van der Waals surface area contributed by atoms with Gasteiger partial charge in [-0.05, 0) is 73.0 Å². The lowest BCUT2D eigenvalue weighted by molar-refractivity contribution is -0.434. The molecule has 0 bridgehead atoms. The predicted molar refractivity (Wildman–Crippen MR) is 115 cm³/mol. The highest BCUT2D eigenvalue weighted by Gasteiger charge is 2.42. The Hall–Kier alpha value is -2.83. The van der Waals surface area contributed by atoms with E-state index in [2.05, 4.69) is 68.7 Å². The highest BCUT2D eigenvalue weighted by molar-refractivity contribution is 6.50. The van der Waals surface area contributed by atoms with E-state index in [1.54, 1.807) is 6.07 Å². The van der Waals surface area contributed by atoms with Crippen LogP contribution in [0.15, 0.2) is 54.6 Å². The first-order valence-electron chi connectivity index (χ1n) is 9.78. The second-order valence-corrected chi connectivity index (χ2v) is 7.93. The summed E-state index contributed by atoms with van der Waals surface area (Å²) < 4.78 is 41.4. The first kappa shape index (κ1) is 21.9. The summed E-state index contributed by atoms with van der Waals surface area (Å²) >= 11 is 0. The zero-order valence-corrected chi connectivity index (χ0v) is 17.4. The van der Waals surface area contributed by atoms with Crippen LogP contribution < -0.4 is 0 Å². The molecule has 0 aromatic heterocycles. The molecule has 2 nitrogen and oxygen atoms in total. The first-order valence-corrected chi connectivity index (χ1v) is 9.78. The Balaban J connectivity index is 0.000000461. The van der Waals surface area contributed by atoms with Gasteiger partial charge in [0, 0.05) is 18.6 Å². The van der Waals surface area contributed by atoms with Gasteiger partial charge < -0.3 is 22.4 Å². The van der Waals surface area contributed by atoms with Crippen molar-refractivity contribution >= 4 is 29.4 Å². The van der Waals surface area contributed by atoms with Crippen LogP contribution in [0, 0.1) is 0 Å². The molecule has 1 aliphatic rings. The number of hydrogen-bond donors (Lipinski definition) is 1. The smallest absolute Gasteiger partial charge is 0.508 e. The fourth-order valence-electron chi connectivity index (χ4n) is 3.98. The third-order valence-corrected chi connectivity index (χ3v) is 5.74. The van der Waals surface area contributed by atoms with Gasteiger partial charge in [-0.3, -0.25) is 0 Å². The maximum Gasteiger partial charge on any atom is 0.673 e. The normalized spacial score (nSPS) is 15.1. The van der Waals surface area contributed by atoms with Crippen molar-refractivity contribution in [2.24, 2.45) is 0 Å². The molecule has 0 saturated carbocycles. The summed E-state index contributed by atoms with van der Waals surface area (Å²) in [6.45, 7) is 10.1. The van der Waals surface area contributed by atoms with E-state index >= 15 is 0 Å². The SMILES string of the molecule is CC[N+]1=C(C)C(C)(C)c2cc(-c3ccc4cc(O)ccc4c3)ccc21.F[B-](F)(F)F. The van der Waals surface area contributed by atoms with Crippen LogP contribution in [0.25, 0.3) is 21.9 Å². The number of nitrogens with zero attached hydrogens (tertiary/aromatic N) is 1. The second kappa shape index (κ2) is 7.78. The number of phenolic OH excluding ortho intramolecular Hbond substituents is 1. The van der Waals surface area contributed by atoms with Crippen molar-refractivity contribution in [1.29, 1.82) is 0 Å². The van der Waals surface area contributed by atoms with E-state index in [-0.39, 0.29) is 5.41 Å². The summed E-state index contributed by atoms with van der Waals surface area (Å²) in [7, 11) is -6.00. The molecule has 30 heavy (non-hydrogen) atoms. The largest absolute Gasteiger partial charge is 0.673 e. The van der Waals surface area contributed by atoms with Crippen LogP contribution in [0.1, 0.15) is 33.3 Å². The first-order chi connectivity index (χ1) is 13.9. The van der Waals surface area contributed by atoms with E-state index in [1.807, 2.05) is 12.1 Å². The van der Waals surface area contributed by atoms with Crippen LogP contribution in [-0.2, 0) is 5.41 Å². The number of hydrogen-bond acceptors (Lipinski definition) is 1. The van der Waals surface area contributed by atoms with Gasteiger partial charge in [0.05, 0.1) is 5.41 Å². The fraction of sp³-hybridized carbons (Fsp3) is 0.261. The van der Waals surface area contributed by atoms with Crippen LogP contribution >= 0.6 is 0 Å². The van der Waals surface area contributed by atoms with Gasteiger partial charge in [-0.25, -0.2) is 0 Å². The molecule has 0 aliphatic carbocycles. The fourth-order valence-corrected chi connectivity index (χ4v) is 3.98. The molecular weight excluding hydrogens is 393 g/mol. The molecule has 3 aromatic carbocycles. The molecule has 1 aliphatic heterocycles. The number of aromatic hydroxyl groups is 1. The molecule has 1 N–H and O–H groups in total. The van der Waals surface area contributed by atoms with E-state index < -0.39 is 7.25 Å². The van der Waals surface area contributed by atoms with Crippen LogP contribution in [-0.4, -0.2) is 29.2 Å². The second-order valence-electron chi connectivity index (χ2n) is 7.93. The third-order valence-electron chi connectivity index (χ3n) is 5.74. The molecule has 1 heterocycles. The lowest BCUT2D eigenvalue weighted by Gasteiger charge is -2.16. The van der Waals surface area contributed by atoms with Crippen molar-refractivity contribution in [3.8, 4) is 16.9 Å². The summed E-state index contributed by atoms with van der Waals surface area (Å²) in [5.74, 6) is 0.310. The molecule has 158 valence electrons. The quantitative estimate of drug-likeness (QED) is 0.273. The topological polar surface area (TPSA) is 23.2 Å². The maximum absolute atomic E-state index is 9.75. The van der Waals surface area contributed by atoms with Gasteiger partial charge in [0.25, 0.3) is 0 Å². The molecule has 4 rings (SSSR count). The number of halogens is 4.